The van der Waals surface area contributed by atoms with Crippen molar-refractivity contribution in [2.24, 2.45) is 0 Å². The second-order valence-corrected chi connectivity index (χ2v) is 9.40. The van der Waals surface area contributed by atoms with E-state index in [0.717, 1.165) is 22.6 Å². The van der Waals surface area contributed by atoms with Crippen LogP contribution >= 0.6 is 11.8 Å². The van der Waals surface area contributed by atoms with E-state index in [9.17, 15) is 4.79 Å². The van der Waals surface area contributed by atoms with E-state index in [2.05, 4.69) is 4.98 Å². The van der Waals surface area contributed by atoms with Crippen LogP contribution in [0.2, 0.25) is 0 Å². The van der Waals surface area contributed by atoms with Crippen LogP contribution in [0.15, 0.2) is 65.6 Å². The molecule has 2 N–H and O–H groups in total. The first-order valence-corrected chi connectivity index (χ1v) is 12.0. The van der Waals surface area contributed by atoms with Gasteiger partial charge < -0.3 is 24.7 Å². The quantitative estimate of drug-likeness (QED) is 0.450. The van der Waals surface area contributed by atoms with Crippen molar-refractivity contribution in [2.75, 3.05) is 26.6 Å². The fourth-order valence-electron chi connectivity index (χ4n) is 3.80. The van der Waals surface area contributed by atoms with E-state index in [0.29, 0.717) is 6.61 Å². The normalized spacial score (nSPS) is 21.7. The van der Waals surface area contributed by atoms with Crippen LogP contribution in [0.25, 0.3) is 0 Å². The minimum absolute atomic E-state index is 0.0938. The highest BCUT2D eigenvalue weighted by atomic mass is 32.2. The van der Waals surface area contributed by atoms with Gasteiger partial charge in [0.15, 0.2) is 6.17 Å². The van der Waals surface area contributed by atoms with Crippen LogP contribution in [-0.4, -0.2) is 47.9 Å². The second-order valence-electron chi connectivity index (χ2n) is 8.04. The third-order valence-electron chi connectivity index (χ3n) is 5.70. The molecule has 0 radical (unpaired) electrons. The molecular formula is C25H28FN3O5S. The molecule has 1 aromatic heterocycles. The Bertz CT molecular complexity index is 1160. The molecule has 0 bridgehead atoms. The predicted octanol–water partition coefficient (Wildman–Crippen LogP) is 3.60. The summed E-state index contributed by atoms with van der Waals surface area (Å²) in [5, 5.41) is -1.14. The topological polar surface area (TPSA) is 97.8 Å². The van der Waals surface area contributed by atoms with E-state index in [-0.39, 0.29) is 24.3 Å². The van der Waals surface area contributed by atoms with Gasteiger partial charge in [0.1, 0.15) is 28.8 Å². The summed E-state index contributed by atoms with van der Waals surface area (Å²) in [5.74, 6) is 1.59. The highest BCUT2D eigenvalue weighted by Crippen LogP contribution is 2.45. The number of aromatic nitrogens is 2. The summed E-state index contributed by atoms with van der Waals surface area (Å²) in [4.78, 5) is 16.1. The third-order valence-corrected chi connectivity index (χ3v) is 7.22. The second kappa shape index (κ2) is 11.6. The molecule has 10 heteroatoms. The van der Waals surface area contributed by atoms with Gasteiger partial charge in [0, 0.05) is 6.20 Å². The first-order chi connectivity index (χ1) is 17.0. The molecule has 4 rings (SSSR count). The fourth-order valence-corrected chi connectivity index (χ4v) is 5.31. The Kier molecular flexibility index (Phi) is 8.27. The maximum absolute atomic E-state index is 15.7. The maximum Gasteiger partial charge on any atom is 0.350 e. The summed E-state index contributed by atoms with van der Waals surface area (Å²) < 4.78 is 39.3. The van der Waals surface area contributed by atoms with Gasteiger partial charge in [-0.15, -0.1) is 11.8 Å². The lowest BCUT2D eigenvalue weighted by atomic mass is 10.1. The van der Waals surface area contributed by atoms with Crippen molar-refractivity contribution in [3.8, 4) is 11.5 Å². The molecule has 0 amide bonds. The number of nitrogen functional groups attached to an aromatic ring is 1. The minimum Gasteiger partial charge on any atom is -0.497 e. The Morgan fingerprint density at radius 1 is 0.971 bits per heavy atom. The molecule has 0 saturated carbocycles. The van der Waals surface area contributed by atoms with E-state index in [4.69, 9.17) is 24.7 Å². The van der Waals surface area contributed by atoms with Gasteiger partial charge in [0.2, 0.25) is 0 Å². The Balaban J connectivity index is 1.46. The Morgan fingerprint density at radius 3 is 2.14 bits per heavy atom. The molecule has 2 aromatic carbocycles. The lowest BCUT2D eigenvalue weighted by molar-refractivity contribution is -0.0262. The Labute approximate surface area is 207 Å². The molecular weight excluding hydrogens is 473 g/mol. The fraction of sp³-hybridized carbons (Fsp3) is 0.360. The summed E-state index contributed by atoms with van der Waals surface area (Å²) >= 11 is 1.30. The van der Waals surface area contributed by atoms with Gasteiger partial charge >= 0.3 is 5.69 Å². The minimum atomic E-state index is -1.45. The maximum atomic E-state index is 15.7. The van der Waals surface area contributed by atoms with Crippen LogP contribution in [0.5, 0.6) is 11.5 Å². The lowest BCUT2D eigenvalue weighted by Crippen LogP contribution is -2.35. The number of nitrogens with zero attached hydrogens (tertiary/aromatic N) is 2. The average molecular weight is 502 g/mol. The number of hydrogen-bond acceptors (Lipinski definition) is 8. The number of rotatable bonds is 10. The van der Waals surface area contributed by atoms with Gasteiger partial charge in [-0.05, 0) is 41.5 Å². The molecule has 8 nitrogen and oxygen atoms in total. The lowest BCUT2D eigenvalue weighted by Gasteiger charge is -2.21. The largest absolute Gasteiger partial charge is 0.497 e. The Hall–Kier alpha value is -3.08. The van der Waals surface area contributed by atoms with Crippen LogP contribution in [0, 0.1) is 0 Å². The molecule has 3 aromatic rings. The van der Waals surface area contributed by atoms with E-state index in [1.165, 1.54) is 28.6 Å². The van der Waals surface area contributed by atoms with Crippen molar-refractivity contribution < 1.29 is 23.3 Å². The van der Waals surface area contributed by atoms with E-state index in [1.54, 1.807) is 14.2 Å². The third kappa shape index (κ3) is 6.14. The number of benzene rings is 2. The molecule has 0 aliphatic carbocycles. The molecule has 0 spiro atoms. The zero-order valence-electron chi connectivity index (χ0n) is 19.5. The molecule has 0 unspecified atom stereocenters. The molecule has 1 aliphatic rings. The van der Waals surface area contributed by atoms with Gasteiger partial charge in [0.05, 0.1) is 39.3 Å². The van der Waals surface area contributed by atoms with Crippen LogP contribution in [0.3, 0.4) is 0 Å². The Morgan fingerprint density at radius 2 is 1.57 bits per heavy atom. The van der Waals surface area contributed by atoms with Crippen molar-refractivity contribution in [1.82, 2.24) is 9.55 Å². The predicted molar refractivity (Wildman–Crippen MR) is 132 cm³/mol. The SMILES string of the molecule is COc1ccc(COC[C@@H]2S[C@H](n3ccc(N)nc3=O)[C@H](F)[C@@H]2OCc2ccc(OC)cc2)cc1. The molecule has 1 fully saturated rings. The zero-order chi connectivity index (χ0) is 24.8. The number of hydrogen-bond donors (Lipinski definition) is 1. The van der Waals surface area contributed by atoms with Crippen molar-refractivity contribution in [2.45, 2.75) is 36.1 Å². The van der Waals surface area contributed by atoms with E-state index < -0.39 is 23.3 Å². The first kappa shape index (κ1) is 25.0. The van der Waals surface area contributed by atoms with Crippen molar-refractivity contribution >= 4 is 17.6 Å². The number of methoxy groups -OCH3 is 2. The standard InChI is InChI=1S/C25H28FN3O5S/c1-31-18-7-3-16(4-8-18)13-33-15-20-23(34-14-17-5-9-19(32-2)10-6-17)22(26)24(35-20)29-12-11-21(27)28-25(29)30/h3-12,20,22-24H,13-15H2,1-2H3,(H2,27,28,30)/t20-,22+,23+,24-/m0/s1. The highest BCUT2D eigenvalue weighted by Gasteiger charge is 2.47. The number of alkyl halides is 1. The molecule has 4 atom stereocenters. The average Bonchev–Trinajstić information content (AvgIpc) is 3.18. The summed E-state index contributed by atoms with van der Waals surface area (Å²) in [7, 11) is 3.21. The molecule has 35 heavy (non-hydrogen) atoms. The van der Waals surface area contributed by atoms with Crippen LogP contribution in [0.4, 0.5) is 10.2 Å². The monoisotopic (exact) mass is 501 g/mol. The summed E-state index contributed by atoms with van der Waals surface area (Å²) in [6.45, 7) is 0.821. The molecule has 1 saturated heterocycles. The number of anilines is 1. The van der Waals surface area contributed by atoms with Crippen molar-refractivity contribution in [3.63, 3.8) is 0 Å². The number of nitrogens with two attached hydrogens (primary N) is 1. The van der Waals surface area contributed by atoms with Crippen LogP contribution in [0.1, 0.15) is 16.5 Å². The smallest absolute Gasteiger partial charge is 0.350 e. The van der Waals surface area contributed by atoms with Crippen molar-refractivity contribution in [1.29, 1.82) is 0 Å². The summed E-state index contributed by atoms with van der Waals surface area (Å²) in [5.41, 5.74) is 6.86. The van der Waals surface area contributed by atoms with Gasteiger partial charge in [-0.25, -0.2) is 9.18 Å². The number of ether oxygens (including phenoxy) is 4. The van der Waals surface area contributed by atoms with Crippen LogP contribution in [-0.2, 0) is 22.7 Å². The van der Waals surface area contributed by atoms with Gasteiger partial charge in [-0.3, -0.25) is 4.57 Å². The summed E-state index contributed by atoms with van der Waals surface area (Å²) in [6, 6.07) is 16.4. The van der Waals surface area contributed by atoms with Crippen molar-refractivity contribution in [3.05, 3.63) is 82.4 Å². The van der Waals surface area contributed by atoms with Gasteiger partial charge in [-0.1, -0.05) is 24.3 Å². The molecule has 186 valence electrons. The zero-order valence-corrected chi connectivity index (χ0v) is 20.3. The molecule has 1 aliphatic heterocycles. The summed E-state index contributed by atoms with van der Waals surface area (Å²) in [6.07, 6.45) is -0.765. The van der Waals surface area contributed by atoms with E-state index >= 15 is 4.39 Å². The highest BCUT2D eigenvalue weighted by molar-refractivity contribution is 8.00. The molecule has 2 heterocycles. The van der Waals surface area contributed by atoms with Gasteiger partial charge in [0.25, 0.3) is 0 Å². The van der Waals surface area contributed by atoms with Crippen LogP contribution < -0.4 is 20.9 Å². The van der Waals surface area contributed by atoms with E-state index in [1.807, 2.05) is 48.5 Å². The number of halogens is 1. The van der Waals surface area contributed by atoms with Gasteiger partial charge in [-0.2, -0.15) is 4.98 Å². The first-order valence-electron chi connectivity index (χ1n) is 11.1. The number of thioether (sulfide) groups is 1.